The standard InChI is InChI=1S/C18H19FN4O2S/c1-13-14(19)4-2-7-17(13)26(24,25)23-12-21-18-15(5-3-6-16(18)23)22-10-8-20-9-11-22/h2-7,12,20H,8-11H2,1H3. The molecule has 8 heteroatoms. The van der Waals surface area contributed by atoms with Crippen LogP contribution in [0.1, 0.15) is 5.56 Å². The summed E-state index contributed by atoms with van der Waals surface area (Å²) in [6, 6.07) is 9.57. The molecule has 0 saturated carbocycles. The first-order valence-corrected chi connectivity index (χ1v) is 9.86. The summed E-state index contributed by atoms with van der Waals surface area (Å²) >= 11 is 0. The van der Waals surface area contributed by atoms with E-state index >= 15 is 0 Å². The number of para-hydroxylation sites is 1. The first-order valence-electron chi connectivity index (χ1n) is 8.42. The molecule has 1 aliphatic rings. The van der Waals surface area contributed by atoms with Crippen molar-refractivity contribution >= 4 is 26.7 Å². The van der Waals surface area contributed by atoms with Crippen molar-refractivity contribution in [1.29, 1.82) is 0 Å². The van der Waals surface area contributed by atoms with E-state index in [2.05, 4.69) is 15.2 Å². The molecule has 3 aromatic rings. The zero-order valence-corrected chi connectivity index (χ0v) is 15.1. The highest BCUT2D eigenvalue weighted by Gasteiger charge is 2.24. The molecule has 136 valence electrons. The maximum Gasteiger partial charge on any atom is 0.269 e. The topological polar surface area (TPSA) is 67.2 Å². The van der Waals surface area contributed by atoms with Gasteiger partial charge in [-0.1, -0.05) is 12.1 Å². The molecule has 0 unspecified atom stereocenters. The second-order valence-corrected chi connectivity index (χ2v) is 8.07. The Balaban J connectivity index is 1.86. The van der Waals surface area contributed by atoms with Crippen LogP contribution in [-0.4, -0.2) is 43.6 Å². The number of benzene rings is 2. The molecule has 0 spiro atoms. The van der Waals surface area contributed by atoms with Crippen molar-refractivity contribution in [2.45, 2.75) is 11.8 Å². The van der Waals surface area contributed by atoms with Crippen LogP contribution in [0.4, 0.5) is 10.1 Å². The quantitative estimate of drug-likeness (QED) is 0.761. The SMILES string of the molecule is Cc1c(F)cccc1S(=O)(=O)n1cnc2c(N3CCNCC3)cccc21. The third kappa shape index (κ3) is 2.65. The van der Waals surface area contributed by atoms with Gasteiger partial charge in [0, 0.05) is 31.7 Å². The van der Waals surface area contributed by atoms with Gasteiger partial charge in [0.05, 0.1) is 16.1 Å². The average Bonchev–Trinajstić information content (AvgIpc) is 3.09. The monoisotopic (exact) mass is 374 g/mol. The number of halogens is 1. The fourth-order valence-electron chi connectivity index (χ4n) is 3.33. The smallest absolute Gasteiger partial charge is 0.269 e. The van der Waals surface area contributed by atoms with Crippen molar-refractivity contribution in [1.82, 2.24) is 14.3 Å². The molecule has 1 fully saturated rings. The van der Waals surface area contributed by atoms with Crippen molar-refractivity contribution in [3.8, 4) is 0 Å². The first kappa shape index (κ1) is 17.0. The van der Waals surface area contributed by atoms with E-state index in [0.29, 0.717) is 11.0 Å². The number of fused-ring (bicyclic) bond motifs is 1. The molecule has 0 amide bonds. The summed E-state index contributed by atoms with van der Waals surface area (Å²) in [4.78, 5) is 6.50. The molecule has 4 rings (SSSR count). The second-order valence-electron chi connectivity index (χ2n) is 6.29. The van der Waals surface area contributed by atoms with Crippen LogP contribution >= 0.6 is 0 Å². The summed E-state index contributed by atoms with van der Waals surface area (Å²) in [5, 5.41) is 3.30. The van der Waals surface area contributed by atoms with Gasteiger partial charge in [0.2, 0.25) is 0 Å². The molecule has 0 atom stereocenters. The van der Waals surface area contributed by atoms with Crippen molar-refractivity contribution in [2.24, 2.45) is 0 Å². The number of anilines is 1. The Labute approximate surface area is 151 Å². The van der Waals surface area contributed by atoms with Crippen LogP contribution < -0.4 is 10.2 Å². The van der Waals surface area contributed by atoms with Crippen molar-refractivity contribution in [3.63, 3.8) is 0 Å². The van der Waals surface area contributed by atoms with Gasteiger partial charge in [-0.15, -0.1) is 0 Å². The second kappa shape index (κ2) is 6.37. The highest BCUT2D eigenvalue weighted by molar-refractivity contribution is 7.90. The van der Waals surface area contributed by atoms with Gasteiger partial charge in [0.25, 0.3) is 10.0 Å². The fraction of sp³-hybridized carbons (Fsp3) is 0.278. The highest BCUT2D eigenvalue weighted by Crippen LogP contribution is 2.29. The Kier molecular flexibility index (Phi) is 4.16. The minimum absolute atomic E-state index is 0.0515. The van der Waals surface area contributed by atoms with Gasteiger partial charge < -0.3 is 10.2 Å². The van der Waals surface area contributed by atoms with Gasteiger partial charge in [-0.25, -0.2) is 21.8 Å². The van der Waals surface area contributed by atoms with E-state index in [4.69, 9.17) is 0 Å². The van der Waals surface area contributed by atoms with Crippen molar-refractivity contribution in [3.05, 3.63) is 54.1 Å². The lowest BCUT2D eigenvalue weighted by Gasteiger charge is -2.29. The Morgan fingerprint density at radius 3 is 2.62 bits per heavy atom. The normalized spacial score (nSPS) is 15.5. The molecule has 1 aliphatic heterocycles. The van der Waals surface area contributed by atoms with Gasteiger partial charge >= 0.3 is 0 Å². The van der Waals surface area contributed by atoms with E-state index in [1.807, 2.05) is 12.1 Å². The number of aromatic nitrogens is 2. The molecule has 0 bridgehead atoms. The summed E-state index contributed by atoms with van der Waals surface area (Å²) < 4.78 is 41.2. The maximum absolute atomic E-state index is 13.9. The fourth-order valence-corrected chi connectivity index (χ4v) is 4.85. The number of hydrogen-bond donors (Lipinski definition) is 1. The Hall–Kier alpha value is -2.45. The number of hydrogen-bond acceptors (Lipinski definition) is 5. The third-order valence-corrected chi connectivity index (χ3v) is 6.54. The van der Waals surface area contributed by atoms with E-state index in [0.717, 1.165) is 35.8 Å². The number of piperazine rings is 1. The van der Waals surface area contributed by atoms with Gasteiger partial charge in [-0.2, -0.15) is 0 Å². The van der Waals surface area contributed by atoms with E-state index < -0.39 is 15.8 Å². The number of rotatable bonds is 3. The molecule has 2 heterocycles. The molecule has 1 N–H and O–H groups in total. The van der Waals surface area contributed by atoms with E-state index in [1.165, 1.54) is 31.5 Å². The van der Waals surface area contributed by atoms with E-state index in [-0.39, 0.29) is 10.5 Å². The molecular weight excluding hydrogens is 355 g/mol. The molecule has 0 aliphatic carbocycles. The summed E-state index contributed by atoms with van der Waals surface area (Å²) in [5.41, 5.74) is 2.14. The lowest BCUT2D eigenvalue weighted by molar-refractivity contribution is 0.580. The Bertz CT molecular complexity index is 1070. The molecule has 1 aromatic heterocycles. The maximum atomic E-state index is 13.9. The van der Waals surface area contributed by atoms with E-state index in [1.54, 1.807) is 6.07 Å². The van der Waals surface area contributed by atoms with Crippen LogP contribution in [0.25, 0.3) is 11.0 Å². The number of imidazole rings is 1. The Morgan fingerprint density at radius 1 is 1.12 bits per heavy atom. The van der Waals surface area contributed by atoms with Crippen LogP contribution in [-0.2, 0) is 10.0 Å². The van der Waals surface area contributed by atoms with Gasteiger partial charge in [0.15, 0.2) is 0 Å². The summed E-state index contributed by atoms with van der Waals surface area (Å²) in [7, 11) is -3.94. The minimum atomic E-state index is -3.94. The van der Waals surface area contributed by atoms with Crippen LogP contribution in [0.2, 0.25) is 0 Å². The molecular formula is C18H19FN4O2S. The summed E-state index contributed by atoms with van der Waals surface area (Å²) in [6.07, 6.45) is 1.30. The Morgan fingerprint density at radius 2 is 1.85 bits per heavy atom. The van der Waals surface area contributed by atoms with Crippen molar-refractivity contribution < 1.29 is 12.8 Å². The lowest BCUT2D eigenvalue weighted by atomic mass is 10.2. The largest absolute Gasteiger partial charge is 0.367 e. The zero-order chi connectivity index (χ0) is 18.3. The highest BCUT2D eigenvalue weighted by atomic mass is 32.2. The molecule has 6 nitrogen and oxygen atoms in total. The van der Waals surface area contributed by atoms with Crippen LogP contribution in [0.3, 0.4) is 0 Å². The number of nitrogens with zero attached hydrogens (tertiary/aromatic N) is 3. The third-order valence-electron chi connectivity index (χ3n) is 4.74. The average molecular weight is 374 g/mol. The molecule has 1 saturated heterocycles. The van der Waals surface area contributed by atoms with Gasteiger partial charge in [-0.3, -0.25) is 0 Å². The predicted octanol–water partition coefficient (Wildman–Crippen LogP) is 2.13. The van der Waals surface area contributed by atoms with Crippen molar-refractivity contribution in [2.75, 3.05) is 31.1 Å². The van der Waals surface area contributed by atoms with Crippen LogP contribution in [0.15, 0.2) is 47.6 Å². The predicted molar refractivity (Wildman–Crippen MR) is 98.5 cm³/mol. The number of nitrogens with one attached hydrogen (secondary N) is 1. The zero-order valence-electron chi connectivity index (χ0n) is 14.3. The molecule has 26 heavy (non-hydrogen) atoms. The van der Waals surface area contributed by atoms with E-state index in [9.17, 15) is 12.8 Å². The summed E-state index contributed by atoms with van der Waals surface area (Å²) in [6.45, 7) is 4.88. The van der Waals surface area contributed by atoms with Crippen LogP contribution in [0.5, 0.6) is 0 Å². The van der Waals surface area contributed by atoms with Crippen LogP contribution in [0, 0.1) is 12.7 Å². The van der Waals surface area contributed by atoms with Gasteiger partial charge in [0.1, 0.15) is 17.7 Å². The first-order chi connectivity index (χ1) is 12.5. The lowest BCUT2D eigenvalue weighted by Crippen LogP contribution is -2.43. The van der Waals surface area contributed by atoms with Gasteiger partial charge in [-0.05, 0) is 31.2 Å². The molecule has 2 aromatic carbocycles. The molecule has 0 radical (unpaired) electrons. The minimum Gasteiger partial charge on any atom is -0.367 e. The summed E-state index contributed by atoms with van der Waals surface area (Å²) in [5.74, 6) is -0.544.